The van der Waals surface area contributed by atoms with Gasteiger partial charge in [0.05, 0.1) is 23.9 Å². The zero-order chi connectivity index (χ0) is 15.4. The van der Waals surface area contributed by atoms with Crippen molar-refractivity contribution in [1.82, 2.24) is 4.90 Å². The SMILES string of the molecule is O=S(=O)(CCN1CCC[C@@H](C2OCCO2)C1)c1ccccc1. The molecule has 0 unspecified atom stereocenters. The maximum absolute atomic E-state index is 12.3. The predicted octanol–water partition coefficient (Wildman–Crippen LogP) is 1.55. The average molecular weight is 325 g/mol. The lowest BCUT2D eigenvalue weighted by Crippen LogP contribution is -2.42. The Balaban J connectivity index is 1.54. The number of rotatable bonds is 5. The van der Waals surface area contributed by atoms with E-state index in [1.807, 2.05) is 6.07 Å². The summed E-state index contributed by atoms with van der Waals surface area (Å²) in [7, 11) is -3.20. The minimum absolute atomic E-state index is 0.103. The van der Waals surface area contributed by atoms with Gasteiger partial charge in [0.2, 0.25) is 0 Å². The number of ether oxygens (including phenoxy) is 2. The molecule has 6 heteroatoms. The van der Waals surface area contributed by atoms with Crippen LogP contribution in [0.15, 0.2) is 35.2 Å². The molecule has 2 heterocycles. The van der Waals surface area contributed by atoms with Crippen molar-refractivity contribution in [3.05, 3.63) is 30.3 Å². The Bertz CT molecular complexity index is 569. The van der Waals surface area contributed by atoms with Crippen LogP contribution in [0, 0.1) is 5.92 Å². The number of benzene rings is 1. The van der Waals surface area contributed by atoms with E-state index >= 15 is 0 Å². The number of sulfone groups is 1. The summed E-state index contributed by atoms with van der Waals surface area (Å²) in [5.41, 5.74) is 0. The summed E-state index contributed by atoms with van der Waals surface area (Å²) in [4.78, 5) is 2.63. The molecule has 0 amide bonds. The summed E-state index contributed by atoms with van der Waals surface area (Å²) >= 11 is 0. The lowest BCUT2D eigenvalue weighted by atomic mass is 9.97. The van der Waals surface area contributed by atoms with Gasteiger partial charge in [-0.15, -0.1) is 0 Å². The number of hydrogen-bond acceptors (Lipinski definition) is 5. The molecule has 3 rings (SSSR count). The van der Waals surface area contributed by atoms with Crippen LogP contribution in [0.25, 0.3) is 0 Å². The third kappa shape index (κ3) is 3.87. The molecule has 1 aromatic carbocycles. The Hall–Kier alpha value is -0.950. The molecule has 0 radical (unpaired) electrons. The van der Waals surface area contributed by atoms with E-state index in [-0.39, 0.29) is 12.0 Å². The highest BCUT2D eigenvalue weighted by molar-refractivity contribution is 7.91. The minimum Gasteiger partial charge on any atom is -0.350 e. The van der Waals surface area contributed by atoms with Crippen LogP contribution < -0.4 is 0 Å². The Morgan fingerprint density at radius 2 is 1.86 bits per heavy atom. The molecular weight excluding hydrogens is 302 g/mol. The second kappa shape index (κ2) is 7.08. The topological polar surface area (TPSA) is 55.8 Å². The lowest BCUT2D eigenvalue weighted by Gasteiger charge is -2.34. The minimum atomic E-state index is -3.20. The van der Waals surface area contributed by atoms with Gasteiger partial charge in [-0.05, 0) is 31.5 Å². The quantitative estimate of drug-likeness (QED) is 0.822. The summed E-state index contributed by atoms with van der Waals surface area (Å²) in [6.07, 6.45) is 2.06. The van der Waals surface area contributed by atoms with Crippen molar-refractivity contribution in [2.75, 3.05) is 38.6 Å². The van der Waals surface area contributed by atoms with E-state index in [1.165, 1.54) is 0 Å². The van der Waals surface area contributed by atoms with Crippen LogP contribution in [0.1, 0.15) is 12.8 Å². The first-order valence-electron chi connectivity index (χ1n) is 7.88. The standard InChI is InChI=1S/C16H23NO4S/c18-22(19,15-6-2-1-3-7-15)12-9-17-8-4-5-14(13-17)16-20-10-11-21-16/h1-3,6-7,14,16H,4-5,8-13H2/t14-/m1/s1. The van der Waals surface area contributed by atoms with Gasteiger partial charge in [-0.3, -0.25) is 0 Å². The molecule has 0 N–H and O–H groups in total. The van der Waals surface area contributed by atoms with Crippen molar-refractivity contribution in [2.24, 2.45) is 5.92 Å². The van der Waals surface area contributed by atoms with E-state index in [2.05, 4.69) is 4.90 Å². The molecule has 2 fully saturated rings. The molecule has 122 valence electrons. The first kappa shape index (κ1) is 15.9. The van der Waals surface area contributed by atoms with E-state index in [1.54, 1.807) is 24.3 Å². The zero-order valence-electron chi connectivity index (χ0n) is 12.7. The van der Waals surface area contributed by atoms with Gasteiger partial charge in [-0.2, -0.15) is 0 Å². The highest BCUT2D eigenvalue weighted by atomic mass is 32.2. The van der Waals surface area contributed by atoms with E-state index in [4.69, 9.17) is 9.47 Å². The summed E-state index contributed by atoms with van der Waals surface area (Å²) < 4.78 is 35.8. The predicted molar refractivity (Wildman–Crippen MR) is 83.4 cm³/mol. The lowest BCUT2D eigenvalue weighted by molar-refractivity contribution is -0.0995. The highest BCUT2D eigenvalue weighted by Crippen LogP contribution is 2.25. The first-order chi connectivity index (χ1) is 10.6. The van der Waals surface area contributed by atoms with Crippen molar-refractivity contribution in [1.29, 1.82) is 0 Å². The zero-order valence-corrected chi connectivity index (χ0v) is 13.5. The molecule has 0 aliphatic carbocycles. The fourth-order valence-electron chi connectivity index (χ4n) is 3.16. The van der Waals surface area contributed by atoms with Crippen LogP contribution in [-0.4, -0.2) is 58.2 Å². The molecule has 1 atom stereocenters. The Kier molecular flexibility index (Phi) is 5.13. The molecule has 2 saturated heterocycles. The van der Waals surface area contributed by atoms with Gasteiger partial charge in [0.15, 0.2) is 16.1 Å². The summed E-state index contributed by atoms with van der Waals surface area (Å²) in [5.74, 6) is 0.520. The molecule has 22 heavy (non-hydrogen) atoms. The normalized spacial score (nSPS) is 24.6. The number of nitrogens with zero attached hydrogens (tertiary/aromatic N) is 1. The fourth-order valence-corrected chi connectivity index (χ4v) is 4.47. The number of likely N-dealkylation sites (tertiary alicyclic amines) is 1. The van der Waals surface area contributed by atoms with Gasteiger partial charge in [0.25, 0.3) is 0 Å². The van der Waals surface area contributed by atoms with Crippen molar-refractivity contribution in [2.45, 2.75) is 24.0 Å². The Labute approximate surface area is 132 Å². The van der Waals surface area contributed by atoms with Gasteiger partial charge < -0.3 is 14.4 Å². The molecular formula is C16H23NO4S. The molecule has 2 aliphatic heterocycles. The maximum Gasteiger partial charge on any atom is 0.179 e. The second-order valence-corrected chi connectivity index (χ2v) is 8.05. The van der Waals surface area contributed by atoms with Gasteiger partial charge in [0.1, 0.15) is 0 Å². The molecule has 5 nitrogen and oxygen atoms in total. The van der Waals surface area contributed by atoms with Gasteiger partial charge in [-0.25, -0.2) is 8.42 Å². The van der Waals surface area contributed by atoms with Crippen LogP contribution in [-0.2, 0) is 19.3 Å². The summed E-state index contributed by atoms with van der Waals surface area (Å²) in [6, 6.07) is 8.68. The van der Waals surface area contributed by atoms with E-state index < -0.39 is 9.84 Å². The molecule has 1 aromatic rings. The third-order valence-electron chi connectivity index (χ3n) is 4.35. The van der Waals surface area contributed by atoms with Crippen molar-refractivity contribution in [3.8, 4) is 0 Å². The third-order valence-corrected chi connectivity index (χ3v) is 6.06. The van der Waals surface area contributed by atoms with Gasteiger partial charge >= 0.3 is 0 Å². The maximum atomic E-state index is 12.3. The average Bonchev–Trinajstić information content (AvgIpc) is 3.09. The molecule has 2 aliphatic rings. The number of piperidine rings is 1. The smallest absolute Gasteiger partial charge is 0.179 e. The van der Waals surface area contributed by atoms with Gasteiger partial charge in [0, 0.05) is 19.0 Å². The van der Waals surface area contributed by atoms with E-state index in [0.717, 1.165) is 25.9 Å². The molecule has 0 spiro atoms. The van der Waals surface area contributed by atoms with Crippen molar-refractivity contribution < 1.29 is 17.9 Å². The number of hydrogen-bond donors (Lipinski definition) is 0. The van der Waals surface area contributed by atoms with E-state index in [0.29, 0.717) is 30.6 Å². The fraction of sp³-hybridized carbons (Fsp3) is 0.625. The first-order valence-corrected chi connectivity index (χ1v) is 9.54. The van der Waals surface area contributed by atoms with Crippen molar-refractivity contribution in [3.63, 3.8) is 0 Å². The van der Waals surface area contributed by atoms with Crippen LogP contribution in [0.2, 0.25) is 0 Å². The molecule has 0 saturated carbocycles. The van der Waals surface area contributed by atoms with Crippen LogP contribution in [0.4, 0.5) is 0 Å². The van der Waals surface area contributed by atoms with Crippen LogP contribution >= 0.6 is 0 Å². The summed E-state index contributed by atoms with van der Waals surface area (Å²) in [5, 5.41) is 0. The highest BCUT2D eigenvalue weighted by Gasteiger charge is 2.31. The summed E-state index contributed by atoms with van der Waals surface area (Å²) in [6.45, 7) is 3.72. The Morgan fingerprint density at radius 1 is 1.14 bits per heavy atom. The van der Waals surface area contributed by atoms with Gasteiger partial charge in [-0.1, -0.05) is 18.2 Å². The van der Waals surface area contributed by atoms with Crippen LogP contribution in [0.3, 0.4) is 0 Å². The monoisotopic (exact) mass is 325 g/mol. The molecule has 0 aromatic heterocycles. The Morgan fingerprint density at radius 3 is 2.59 bits per heavy atom. The van der Waals surface area contributed by atoms with Crippen LogP contribution in [0.5, 0.6) is 0 Å². The van der Waals surface area contributed by atoms with Crippen molar-refractivity contribution >= 4 is 9.84 Å². The van der Waals surface area contributed by atoms with E-state index in [9.17, 15) is 8.42 Å². The largest absolute Gasteiger partial charge is 0.350 e. The second-order valence-electron chi connectivity index (χ2n) is 5.94. The molecule has 0 bridgehead atoms.